The van der Waals surface area contributed by atoms with E-state index in [1.807, 2.05) is 11.7 Å². The number of benzene rings is 1. The lowest BCUT2D eigenvalue weighted by Gasteiger charge is -2.20. The first kappa shape index (κ1) is 13.7. The van der Waals surface area contributed by atoms with E-state index >= 15 is 0 Å². The summed E-state index contributed by atoms with van der Waals surface area (Å²) in [7, 11) is 1.99. The van der Waals surface area contributed by atoms with Crippen LogP contribution in [0.25, 0.3) is 0 Å². The highest BCUT2D eigenvalue weighted by Crippen LogP contribution is 2.27. The lowest BCUT2D eigenvalue weighted by atomic mass is 10.0. The molecule has 0 aliphatic carbocycles. The zero-order valence-corrected chi connectivity index (χ0v) is 12.3. The van der Waals surface area contributed by atoms with Crippen molar-refractivity contribution in [2.24, 2.45) is 7.05 Å². The first-order valence-electron chi connectivity index (χ1n) is 6.95. The molecule has 0 radical (unpaired) electrons. The van der Waals surface area contributed by atoms with Crippen LogP contribution in [-0.2, 0) is 7.05 Å². The number of nitrogens with zero attached hydrogens (tertiary/aromatic N) is 2. The number of rotatable bonds is 5. The Morgan fingerprint density at radius 2 is 1.89 bits per heavy atom. The van der Waals surface area contributed by atoms with Crippen LogP contribution in [0.1, 0.15) is 42.8 Å². The maximum absolute atomic E-state index is 4.47. The first-order chi connectivity index (χ1) is 9.13. The molecule has 1 aromatic carbocycles. The Morgan fingerprint density at radius 1 is 1.21 bits per heavy atom. The lowest BCUT2D eigenvalue weighted by Crippen LogP contribution is -2.11. The summed E-state index contributed by atoms with van der Waals surface area (Å²) in [4.78, 5) is 0. The molecule has 3 nitrogen and oxygen atoms in total. The normalized spacial score (nSPS) is 12.4. The van der Waals surface area contributed by atoms with E-state index in [9.17, 15) is 0 Å². The van der Waals surface area contributed by atoms with Gasteiger partial charge in [-0.2, -0.15) is 5.10 Å². The fraction of sp³-hybridized carbons (Fsp3) is 0.438. The van der Waals surface area contributed by atoms with Gasteiger partial charge >= 0.3 is 0 Å². The van der Waals surface area contributed by atoms with E-state index in [1.165, 1.54) is 16.9 Å². The second-order valence-electron chi connectivity index (χ2n) is 5.07. The van der Waals surface area contributed by atoms with Crippen molar-refractivity contribution in [2.75, 3.05) is 5.32 Å². The van der Waals surface area contributed by atoms with Gasteiger partial charge in [0.1, 0.15) is 0 Å². The summed E-state index contributed by atoms with van der Waals surface area (Å²) in [6.07, 6.45) is 2.28. The second kappa shape index (κ2) is 5.91. The predicted octanol–water partition coefficient (Wildman–Crippen LogP) is 3.99. The van der Waals surface area contributed by atoms with Gasteiger partial charge in [-0.05, 0) is 25.8 Å². The number of anilines is 1. The Morgan fingerprint density at radius 3 is 2.42 bits per heavy atom. The van der Waals surface area contributed by atoms with Gasteiger partial charge in [-0.3, -0.25) is 4.68 Å². The van der Waals surface area contributed by atoms with E-state index < -0.39 is 0 Å². The van der Waals surface area contributed by atoms with Gasteiger partial charge in [0.2, 0.25) is 0 Å². The largest absolute Gasteiger partial charge is 0.375 e. The monoisotopic (exact) mass is 257 g/mol. The third-order valence-electron chi connectivity index (χ3n) is 3.61. The number of hydrogen-bond acceptors (Lipinski definition) is 2. The molecule has 1 aromatic heterocycles. The van der Waals surface area contributed by atoms with Crippen LogP contribution in [0.4, 0.5) is 5.69 Å². The number of aryl methyl sites for hydroxylation is 2. The molecule has 0 spiro atoms. The molecule has 1 unspecified atom stereocenters. The Balaban J connectivity index is 2.26. The van der Waals surface area contributed by atoms with Crippen LogP contribution < -0.4 is 5.32 Å². The summed E-state index contributed by atoms with van der Waals surface area (Å²) < 4.78 is 1.94. The van der Waals surface area contributed by atoms with E-state index in [2.05, 4.69) is 61.5 Å². The van der Waals surface area contributed by atoms with Gasteiger partial charge in [0.25, 0.3) is 0 Å². The van der Waals surface area contributed by atoms with Crippen molar-refractivity contribution in [3.63, 3.8) is 0 Å². The predicted molar refractivity (Wildman–Crippen MR) is 80.4 cm³/mol. The van der Waals surface area contributed by atoms with Crippen LogP contribution in [0.3, 0.4) is 0 Å². The van der Waals surface area contributed by atoms with Gasteiger partial charge in [-0.25, -0.2) is 0 Å². The quantitative estimate of drug-likeness (QED) is 0.877. The van der Waals surface area contributed by atoms with E-state index in [4.69, 9.17) is 0 Å². The minimum absolute atomic E-state index is 0.354. The number of hydrogen-bond donors (Lipinski definition) is 1. The van der Waals surface area contributed by atoms with Crippen LogP contribution in [0.5, 0.6) is 0 Å². The maximum Gasteiger partial charge on any atom is 0.0828 e. The summed E-state index contributed by atoms with van der Waals surface area (Å²) in [5.41, 5.74) is 4.77. The molecule has 2 aromatic rings. The van der Waals surface area contributed by atoms with Crippen LogP contribution in [0, 0.1) is 13.8 Å². The molecule has 3 heteroatoms. The molecular weight excluding hydrogens is 234 g/mol. The molecule has 0 aliphatic heterocycles. The summed E-state index contributed by atoms with van der Waals surface area (Å²) in [5, 5.41) is 8.14. The minimum Gasteiger partial charge on any atom is -0.375 e. The molecule has 0 aliphatic rings. The first-order valence-corrected chi connectivity index (χ1v) is 6.95. The molecule has 0 bridgehead atoms. The molecule has 1 atom stereocenters. The average Bonchev–Trinajstić information content (AvgIpc) is 2.65. The molecule has 1 heterocycles. The SMILES string of the molecule is CCCC(Nc1c(C)nn(C)c1C)c1ccccc1. The van der Waals surface area contributed by atoms with Crippen LogP contribution in [-0.4, -0.2) is 9.78 Å². The maximum atomic E-state index is 4.47. The molecular formula is C16H23N3. The zero-order chi connectivity index (χ0) is 13.8. The van der Waals surface area contributed by atoms with Crippen molar-refractivity contribution in [3.8, 4) is 0 Å². The van der Waals surface area contributed by atoms with Crippen molar-refractivity contribution in [1.82, 2.24) is 9.78 Å². The van der Waals surface area contributed by atoms with Gasteiger partial charge < -0.3 is 5.32 Å². The fourth-order valence-corrected chi connectivity index (χ4v) is 2.45. The van der Waals surface area contributed by atoms with Crippen molar-refractivity contribution in [2.45, 2.75) is 39.7 Å². The fourth-order valence-electron chi connectivity index (χ4n) is 2.45. The van der Waals surface area contributed by atoms with Gasteiger partial charge in [0.05, 0.1) is 23.1 Å². The molecule has 1 N–H and O–H groups in total. The summed E-state index contributed by atoms with van der Waals surface area (Å²) in [5.74, 6) is 0. The van der Waals surface area contributed by atoms with Gasteiger partial charge in [-0.1, -0.05) is 43.7 Å². The van der Waals surface area contributed by atoms with Gasteiger partial charge in [0, 0.05) is 7.05 Å². The molecule has 2 rings (SSSR count). The zero-order valence-electron chi connectivity index (χ0n) is 12.3. The molecule has 0 amide bonds. The van der Waals surface area contributed by atoms with E-state index in [1.54, 1.807) is 0 Å². The highest BCUT2D eigenvalue weighted by Gasteiger charge is 2.15. The standard InChI is InChI=1S/C16H23N3/c1-5-9-15(14-10-7-6-8-11-14)17-16-12(2)18-19(4)13(16)3/h6-8,10-11,15,17H,5,9H2,1-4H3. The molecule has 0 saturated carbocycles. The van der Waals surface area contributed by atoms with Crippen molar-refractivity contribution in [3.05, 3.63) is 47.3 Å². The summed E-state index contributed by atoms with van der Waals surface area (Å²) >= 11 is 0. The van der Waals surface area contributed by atoms with Crippen LogP contribution in [0.15, 0.2) is 30.3 Å². The van der Waals surface area contributed by atoms with Crippen molar-refractivity contribution in [1.29, 1.82) is 0 Å². The Kier molecular flexibility index (Phi) is 4.25. The summed E-state index contributed by atoms with van der Waals surface area (Å²) in [6, 6.07) is 11.0. The Hall–Kier alpha value is -1.77. The van der Waals surface area contributed by atoms with Crippen molar-refractivity contribution >= 4 is 5.69 Å². The van der Waals surface area contributed by atoms with Crippen LogP contribution in [0.2, 0.25) is 0 Å². The van der Waals surface area contributed by atoms with Crippen molar-refractivity contribution < 1.29 is 0 Å². The Bertz CT molecular complexity index is 528. The van der Waals surface area contributed by atoms with E-state index in [0.717, 1.165) is 18.5 Å². The summed E-state index contributed by atoms with van der Waals surface area (Å²) in [6.45, 7) is 6.39. The minimum atomic E-state index is 0.354. The van der Waals surface area contributed by atoms with Gasteiger partial charge in [-0.15, -0.1) is 0 Å². The topological polar surface area (TPSA) is 29.9 Å². The average molecular weight is 257 g/mol. The third-order valence-corrected chi connectivity index (χ3v) is 3.61. The van der Waals surface area contributed by atoms with Crippen LogP contribution >= 0.6 is 0 Å². The lowest BCUT2D eigenvalue weighted by molar-refractivity contribution is 0.676. The number of nitrogens with one attached hydrogen (secondary N) is 1. The Labute approximate surface area is 115 Å². The molecule has 102 valence electrons. The number of aromatic nitrogens is 2. The highest BCUT2D eigenvalue weighted by atomic mass is 15.3. The van der Waals surface area contributed by atoms with Gasteiger partial charge in [0.15, 0.2) is 0 Å². The molecule has 0 saturated heterocycles. The van der Waals surface area contributed by atoms with E-state index in [0.29, 0.717) is 6.04 Å². The smallest absolute Gasteiger partial charge is 0.0828 e. The molecule has 0 fully saturated rings. The highest BCUT2D eigenvalue weighted by molar-refractivity contribution is 5.53. The second-order valence-corrected chi connectivity index (χ2v) is 5.07. The molecule has 19 heavy (non-hydrogen) atoms. The van der Waals surface area contributed by atoms with E-state index in [-0.39, 0.29) is 0 Å². The third kappa shape index (κ3) is 2.98.